The maximum Gasteiger partial charge on any atom is 0.416 e. The smallest absolute Gasteiger partial charge is 0.310 e. The van der Waals surface area contributed by atoms with E-state index < -0.39 is 11.7 Å². The molecule has 1 aromatic carbocycles. The maximum absolute atomic E-state index is 12.6. The van der Waals surface area contributed by atoms with Crippen molar-refractivity contribution >= 4 is 0 Å². The van der Waals surface area contributed by atoms with Gasteiger partial charge in [0.25, 0.3) is 0 Å². The zero-order valence-electron chi connectivity index (χ0n) is 12.0. The summed E-state index contributed by atoms with van der Waals surface area (Å²) in [4.78, 5) is 0. The molecule has 1 N–H and O–H groups in total. The molecule has 0 spiro atoms. The summed E-state index contributed by atoms with van der Waals surface area (Å²) in [6, 6.07) is 7.16. The van der Waals surface area contributed by atoms with E-state index in [-0.39, 0.29) is 6.04 Å². The molecule has 0 aliphatic heterocycles. The molecule has 114 valence electrons. The number of benzene rings is 1. The number of aromatic nitrogens is 2. The van der Waals surface area contributed by atoms with Gasteiger partial charge in [-0.15, -0.1) is 0 Å². The lowest BCUT2D eigenvalue weighted by atomic mass is 10.0. The van der Waals surface area contributed by atoms with Crippen molar-refractivity contribution in [3.63, 3.8) is 0 Å². The molecule has 1 aromatic heterocycles. The highest BCUT2D eigenvalue weighted by atomic mass is 19.4. The van der Waals surface area contributed by atoms with E-state index in [4.69, 9.17) is 0 Å². The molecule has 0 aliphatic carbocycles. The third-order valence-corrected chi connectivity index (χ3v) is 3.27. The van der Waals surface area contributed by atoms with Crippen LogP contribution in [0.25, 0.3) is 0 Å². The number of nitrogens with one attached hydrogen (secondary N) is 1. The molecule has 1 atom stereocenters. The first-order valence-electron chi connectivity index (χ1n) is 6.79. The number of aryl methyl sites for hydroxylation is 1. The van der Waals surface area contributed by atoms with Crippen LogP contribution in [0.3, 0.4) is 0 Å². The van der Waals surface area contributed by atoms with Crippen molar-refractivity contribution in [1.82, 2.24) is 15.1 Å². The summed E-state index contributed by atoms with van der Waals surface area (Å²) < 4.78 is 39.5. The zero-order chi connectivity index (χ0) is 15.5. The number of rotatable bonds is 5. The molecule has 2 rings (SSSR count). The average Bonchev–Trinajstić information content (AvgIpc) is 2.83. The molecule has 0 saturated heterocycles. The van der Waals surface area contributed by atoms with Gasteiger partial charge in [0.1, 0.15) is 0 Å². The molecule has 1 unspecified atom stereocenters. The standard InChI is InChI=1S/C15H18F3N3/c1-3-19-14(10-13-8-9-21(2)20-13)11-4-6-12(7-5-11)15(16,17)18/h4-9,14,19H,3,10H2,1-2H3. The van der Waals surface area contributed by atoms with E-state index >= 15 is 0 Å². The Kier molecular flexibility index (Phi) is 4.67. The van der Waals surface area contributed by atoms with Gasteiger partial charge in [0.2, 0.25) is 0 Å². The minimum atomic E-state index is -4.30. The third-order valence-electron chi connectivity index (χ3n) is 3.27. The van der Waals surface area contributed by atoms with Gasteiger partial charge in [-0.25, -0.2) is 0 Å². The number of hydrogen-bond acceptors (Lipinski definition) is 2. The van der Waals surface area contributed by atoms with Crippen LogP contribution in [0.5, 0.6) is 0 Å². The van der Waals surface area contributed by atoms with Crippen molar-refractivity contribution in [2.45, 2.75) is 25.6 Å². The summed E-state index contributed by atoms with van der Waals surface area (Å²) in [6.45, 7) is 2.70. The van der Waals surface area contributed by atoms with Gasteiger partial charge in [-0.3, -0.25) is 4.68 Å². The van der Waals surface area contributed by atoms with Crippen LogP contribution >= 0.6 is 0 Å². The minimum absolute atomic E-state index is 0.0489. The van der Waals surface area contributed by atoms with E-state index in [0.717, 1.165) is 29.9 Å². The van der Waals surface area contributed by atoms with Crippen molar-refractivity contribution in [3.05, 3.63) is 53.3 Å². The Balaban J connectivity index is 2.17. The van der Waals surface area contributed by atoms with Crippen LogP contribution in [-0.4, -0.2) is 16.3 Å². The van der Waals surface area contributed by atoms with Crippen LogP contribution in [0, 0.1) is 0 Å². The predicted molar refractivity (Wildman–Crippen MR) is 74.8 cm³/mol. The molecular weight excluding hydrogens is 279 g/mol. The van der Waals surface area contributed by atoms with Crippen LogP contribution in [0.1, 0.15) is 29.8 Å². The molecule has 0 amide bonds. The van der Waals surface area contributed by atoms with Gasteiger partial charge in [-0.1, -0.05) is 19.1 Å². The Hall–Kier alpha value is -1.82. The summed E-state index contributed by atoms with van der Waals surface area (Å²) in [5.74, 6) is 0. The van der Waals surface area contributed by atoms with Crippen LogP contribution in [0.15, 0.2) is 36.5 Å². The first kappa shape index (κ1) is 15.6. The van der Waals surface area contributed by atoms with Crippen molar-refractivity contribution in [3.8, 4) is 0 Å². The van der Waals surface area contributed by atoms with Gasteiger partial charge in [0.15, 0.2) is 0 Å². The van der Waals surface area contributed by atoms with E-state index in [1.165, 1.54) is 12.1 Å². The first-order valence-corrected chi connectivity index (χ1v) is 6.79. The second-order valence-electron chi connectivity index (χ2n) is 4.91. The topological polar surface area (TPSA) is 29.9 Å². The Morgan fingerprint density at radius 2 is 1.86 bits per heavy atom. The lowest BCUT2D eigenvalue weighted by molar-refractivity contribution is -0.137. The Morgan fingerprint density at radius 3 is 2.33 bits per heavy atom. The quantitative estimate of drug-likeness (QED) is 0.917. The second-order valence-corrected chi connectivity index (χ2v) is 4.91. The fraction of sp³-hybridized carbons (Fsp3) is 0.400. The SMILES string of the molecule is CCNC(Cc1ccn(C)n1)c1ccc(C(F)(F)F)cc1. The predicted octanol–water partition coefficient (Wildman–Crippen LogP) is 3.33. The molecule has 6 heteroatoms. The second kappa shape index (κ2) is 6.30. The average molecular weight is 297 g/mol. The summed E-state index contributed by atoms with van der Waals surface area (Å²) in [7, 11) is 1.84. The van der Waals surface area contributed by atoms with Gasteiger partial charge in [0.05, 0.1) is 11.3 Å². The molecule has 3 nitrogen and oxygen atoms in total. The molecule has 0 radical (unpaired) electrons. The first-order chi connectivity index (χ1) is 9.90. The molecule has 0 aliphatic rings. The summed E-state index contributed by atoms with van der Waals surface area (Å²) >= 11 is 0. The summed E-state index contributed by atoms with van der Waals surface area (Å²) in [5, 5.41) is 7.60. The summed E-state index contributed by atoms with van der Waals surface area (Å²) in [6.07, 6.45) is -1.81. The molecular formula is C15H18F3N3. The van der Waals surface area contributed by atoms with Crippen molar-refractivity contribution in [2.75, 3.05) is 6.54 Å². The molecule has 0 bridgehead atoms. The van der Waals surface area contributed by atoms with Crippen LogP contribution in [-0.2, 0) is 19.6 Å². The molecule has 0 fully saturated rings. The molecule has 0 saturated carbocycles. The Labute approximate surface area is 121 Å². The maximum atomic E-state index is 12.6. The lowest BCUT2D eigenvalue weighted by Gasteiger charge is -2.18. The number of alkyl halides is 3. The highest BCUT2D eigenvalue weighted by Crippen LogP contribution is 2.30. The molecule has 1 heterocycles. The lowest BCUT2D eigenvalue weighted by Crippen LogP contribution is -2.23. The third kappa shape index (κ3) is 4.07. The van der Waals surface area contributed by atoms with Gasteiger partial charge in [0, 0.05) is 25.7 Å². The zero-order valence-corrected chi connectivity index (χ0v) is 12.0. The van der Waals surface area contributed by atoms with Crippen LogP contribution in [0.4, 0.5) is 13.2 Å². The molecule has 2 aromatic rings. The normalized spacial score (nSPS) is 13.4. The van der Waals surface area contributed by atoms with E-state index in [1.807, 2.05) is 26.2 Å². The largest absolute Gasteiger partial charge is 0.416 e. The van der Waals surface area contributed by atoms with Crippen molar-refractivity contribution in [1.29, 1.82) is 0 Å². The van der Waals surface area contributed by atoms with Gasteiger partial charge in [-0.2, -0.15) is 18.3 Å². The van der Waals surface area contributed by atoms with Gasteiger partial charge in [-0.05, 0) is 30.3 Å². The highest BCUT2D eigenvalue weighted by molar-refractivity contribution is 5.27. The Bertz CT molecular complexity index is 573. The van der Waals surface area contributed by atoms with Crippen LogP contribution in [0.2, 0.25) is 0 Å². The number of likely N-dealkylation sites (N-methyl/N-ethyl adjacent to an activating group) is 1. The minimum Gasteiger partial charge on any atom is -0.310 e. The van der Waals surface area contributed by atoms with E-state index in [0.29, 0.717) is 6.42 Å². The Morgan fingerprint density at radius 1 is 1.19 bits per heavy atom. The van der Waals surface area contributed by atoms with E-state index in [1.54, 1.807) is 4.68 Å². The van der Waals surface area contributed by atoms with Crippen molar-refractivity contribution in [2.24, 2.45) is 7.05 Å². The van der Waals surface area contributed by atoms with Crippen molar-refractivity contribution < 1.29 is 13.2 Å². The fourth-order valence-electron chi connectivity index (χ4n) is 2.24. The van der Waals surface area contributed by atoms with E-state index in [2.05, 4.69) is 10.4 Å². The number of halogens is 3. The monoisotopic (exact) mass is 297 g/mol. The summed E-state index contributed by atoms with van der Waals surface area (Å²) in [5.41, 5.74) is 1.11. The van der Waals surface area contributed by atoms with Crippen LogP contribution < -0.4 is 5.32 Å². The number of hydrogen-bond donors (Lipinski definition) is 1. The number of nitrogens with zero attached hydrogens (tertiary/aromatic N) is 2. The fourth-order valence-corrected chi connectivity index (χ4v) is 2.24. The van der Waals surface area contributed by atoms with E-state index in [9.17, 15) is 13.2 Å². The highest BCUT2D eigenvalue weighted by Gasteiger charge is 2.30. The van der Waals surface area contributed by atoms with Gasteiger partial charge < -0.3 is 5.32 Å². The van der Waals surface area contributed by atoms with Gasteiger partial charge >= 0.3 is 6.18 Å². The molecule has 21 heavy (non-hydrogen) atoms.